The molecule has 2 N–H and O–H groups in total. The zero-order chi connectivity index (χ0) is 26.0. The third-order valence-corrected chi connectivity index (χ3v) is 5.89. The number of fused-ring (bicyclic) bond motifs is 2. The second-order valence-electron chi connectivity index (χ2n) is 8.42. The Kier molecular flexibility index (Phi) is 6.35. The maximum absolute atomic E-state index is 13.6. The van der Waals surface area contributed by atoms with Gasteiger partial charge in [0.15, 0.2) is 11.5 Å². The van der Waals surface area contributed by atoms with Gasteiger partial charge in [0.05, 0.1) is 5.56 Å². The number of carbonyl (C=O) groups excluding carboxylic acids is 1. The molecule has 1 aliphatic heterocycles. The van der Waals surface area contributed by atoms with Crippen molar-refractivity contribution in [3.63, 3.8) is 0 Å². The fourth-order valence-corrected chi connectivity index (χ4v) is 4.15. The lowest BCUT2D eigenvalue weighted by molar-refractivity contribution is -0.287. The molecule has 188 valence electrons. The van der Waals surface area contributed by atoms with Gasteiger partial charge in [-0.15, -0.1) is 8.78 Å². The normalized spacial score (nSPS) is 14.2. The molecule has 5 rings (SSSR count). The van der Waals surface area contributed by atoms with E-state index in [4.69, 9.17) is 4.74 Å². The monoisotopic (exact) mass is 505 g/mol. The molecule has 1 amide bonds. The summed E-state index contributed by atoms with van der Waals surface area (Å²) in [5.74, 6) is -1.91. The van der Waals surface area contributed by atoms with Crippen molar-refractivity contribution in [3.05, 3.63) is 102 Å². The lowest BCUT2D eigenvalue weighted by atomic mass is 10.0. The van der Waals surface area contributed by atoms with Gasteiger partial charge in [-0.05, 0) is 23.1 Å². The molecule has 37 heavy (non-hydrogen) atoms. The Morgan fingerprint density at radius 2 is 1.68 bits per heavy atom. The Labute approximate surface area is 210 Å². The summed E-state index contributed by atoms with van der Waals surface area (Å²) in [5.41, 5.74) is 1.15. The van der Waals surface area contributed by atoms with E-state index in [0.29, 0.717) is 10.9 Å². The highest BCUT2D eigenvalue weighted by Crippen LogP contribution is 2.43. The Morgan fingerprint density at radius 1 is 0.919 bits per heavy atom. The molecule has 0 spiro atoms. The molecule has 1 heterocycles. The van der Waals surface area contributed by atoms with Gasteiger partial charge in [0, 0.05) is 17.4 Å². The summed E-state index contributed by atoms with van der Waals surface area (Å²) in [6.45, 7) is -0.205. The second kappa shape index (κ2) is 9.77. The van der Waals surface area contributed by atoms with Crippen LogP contribution < -0.4 is 19.5 Å². The first-order valence-electron chi connectivity index (χ1n) is 11.4. The molecule has 9 heteroatoms. The largest absolute Gasteiger partial charge is 0.586 e. The topological polar surface area (TPSA) is 94.1 Å². The van der Waals surface area contributed by atoms with E-state index in [2.05, 4.69) is 14.8 Å². The highest BCUT2D eigenvalue weighted by molar-refractivity contribution is 6.04. The van der Waals surface area contributed by atoms with Crippen molar-refractivity contribution in [2.75, 3.05) is 0 Å². The van der Waals surface area contributed by atoms with Crippen LogP contribution in [0.4, 0.5) is 8.78 Å². The van der Waals surface area contributed by atoms with Crippen molar-refractivity contribution in [3.8, 4) is 17.2 Å². The van der Waals surface area contributed by atoms with E-state index in [1.165, 1.54) is 18.2 Å². The Balaban J connectivity index is 1.44. The number of hydrogen-bond donors (Lipinski definition) is 2. The highest BCUT2D eigenvalue weighted by Gasteiger charge is 2.44. The number of halogens is 2. The van der Waals surface area contributed by atoms with Gasteiger partial charge in [0.2, 0.25) is 0 Å². The maximum Gasteiger partial charge on any atom is 0.586 e. The van der Waals surface area contributed by atoms with E-state index in [1.807, 2.05) is 18.2 Å². The van der Waals surface area contributed by atoms with Gasteiger partial charge in [0.1, 0.15) is 18.4 Å². The minimum atomic E-state index is -3.78. The van der Waals surface area contributed by atoms with Gasteiger partial charge in [-0.3, -0.25) is 4.79 Å². The molecule has 1 atom stereocenters. The van der Waals surface area contributed by atoms with E-state index < -0.39 is 24.2 Å². The van der Waals surface area contributed by atoms with Crippen molar-refractivity contribution in [1.29, 1.82) is 0 Å². The fraction of sp³-hybridized carbons (Fsp3) is 0.143. The number of nitrogens with one attached hydrogen (secondary N) is 1. The van der Waals surface area contributed by atoms with Crippen LogP contribution in [0, 0.1) is 0 Å². The Bertz CT molecular complexity index is 1470. The summed E-state index contributed by atoms with van der Waals surface area (Å²) in [5, 5.41) is 13.7. The van der Waals surface area contributed by atoms with Gasteiger partial charge in [-0.2, -0.15) is 0 Å². The van der Waals surface area contributed by atoms with Crippen LogP contribution in [0.5, 0.6) is 17.2 Å². The minimum absolute atomic E-state index is 0.0907. The van der Waals surface area contributed by atoms with E-state index in [1.54, 1.807) is 48.5 Å². The highest BCUT2D eigenvalue weighted by atomic mass is 19.3. The summed E-state index contributed by atoms with van der Waals surface area (Å²) < 4.78 is 42.4. The first-order chi connectivity index (χ1) is 17.8. The fourth-order valence-electron chi connectivity index (χ4n) is 4.15. The summed E-state index contributed by atoms with van der Waals surface area (Å²) in [7, 11) is 0. The minimum Gasteiger partial charge on any atom is -0.487 e. The van der Waals surface area contributed by atoms with Crippen LogP contribution in [0.25, 0.3) is 10.8 Å². The van der Waals surface area contributed by atoms with Crippen LogP contribution in [0.2, 0.25) is 0 Å². The Morgan fingerprint density at radius 3 is 2.46 bits per heavy atom. The summed E-state index contributed by atoms with van der Waals surface area (Å²) in [6, 6.07) is 22.6. The zero-order valence-electron chi connectivity index (χ0n) is 19.3. The number of ether oxygens (including phenoxy) is 3. The van der Waals surface area contributed by atoms with Gasteiger partial charge in [0.25, 0.3) is 5.91 Å². The van der Waals surface area contributed by atoms with Gasteiger partial charge >= 0.3 is 12.3 Å². The van der Waals surface area contributed by atoms with Crippen molar-refractivity contribution in [1.82, 2.24) is 5.32 Å². The zero-order valence-corrected chi connectivity index (χ0v) is 19.3. The van der Waals surface area contributed by atoms with Crippen LogP contribution in [0.3, 0.4) is 0 Å². The van der Waals surface area contributed by atoms with Crippen LogP contribution in [0.15, 0.2) is 84.9 Å². The molecule has 4 aromatic rings. The number of carboxylic acid groups (broad SMARTS) is 1. The van der Waals surface area contributed by atoms with Crippen molar-refractivity contribution < 1.29 is 37.7 Å². The van der Waals surface area contributed by atoms with Gasteiger partial charge in [-0.25, -0.2) is 4.79 Å². The summed E-state index contributed by atoms with van der Waals surface area (Å²) in [4.78, 5) is 25.2. The first-order valence-corrected chi connectivity index (χ1v) is 11.4. The molecule has 0 radical (unpaired) electrons. The molecule has 4 aromatic carbocycles. The maximum atomic E-state index is 13.6. The number of alkyl halides is 2. The molecule has 0 saturated carbocycles. The number of amides is 1. The molecule has 7 nitrogen and oxygen atoms in total. The predicted molar refractivity (Wildman–Crippen MR) is 130 cm³/mol. The molecular formula is C28H21F2NO6. The van der Waals surface area contributed by atoms with E-state index >= 15 is 0 Å². The number of carboxylic acids is 1. The summed E-state index contributed by atoms with van der Waals surface area (Å²) in [6.07, 6.45) is -3.69. The molecule has 1 aliphatic rings. The van der Waals surface area contributed by atoms with Crippen LogP contribution in [0.1, 0.15) is 21.5 Å². The van der Waals surface area contributed by atoms with Crippen LogP contribution in [-0.4, -0.2) is 29.3 Å². The average Bonchev–Trinajstić information content (AvgIpc) is 3.21. The molecular weight excluding hydrogens is 484 g/mol. The smallest absolute Gasteiger partial charge is 0.487 e. The molecule has 0 fully saturated rings. The molecule has 0 unspecified atom stereocenters. The predicted octanol–water partition coefficient (Wildman–Crippen LogP) is 5.17. The average molecular weight is 505 g/mol. The third-order valence-electron chi connectivity index (χ3n) is 5.89. The number of para-hydroxylation sites is 1. The van der Waals surface area contributed by atoms with E-state index in [-0.39, 0.29) is 35.8 Å². The molecule has 0 saturated heterocycles. The number of carbonyl (C=O) groups is 2. The van der Waals surface area contributed by atoms with Crippen LogP contribution in [-0.2, 0) is 17.8 Å². The van der Waals surface area contributed by atoms with Gasteiger partial charge < -0.3 is 24.6 Å². The Hall–Kier alpha value is -4.66. The molecule has 0 aromatic heterocycles. The first kappa shape index (κ1) is 24.1. The summed E-state index contributed by atoms with van der Waals surface area (Å²) >= 11 is 0. The SMILES string of the molecule is O=C(N[C@@H](Cc1ccccc1)C(=O)O)c1ccc2ccccc2c1OCc1cccc2c1OC(F)(F)O2. The molecule has 0 bridgehead atoms. The van der Waals surface area contributed by atoms with Gasteiger partial charge in [-0.1, -0.05) is 72.8 Å². The lowest BCUT2D eigenvalue weighted by Gasteiger charge is -2.18. The number of aliphatic carboxylic acids is 1. The quantitative estimate of drug-likeness (QED) is 0.343. The number of rotatable bonds is 8. The second-order valence-corrected chi connectivity index (χ2v) is 8.42. The number of benzene rings is 4. The van der Waals surface area contributed by atoms with E-state index in [0.717, 1.165) is 10.9 Å². The van der Waals surface area contributed by atoms with E-state index in [9.17, 15) is 23.5 Å². The van der Waals surface area contributed by atoms with Crippen molar-refractivity contribution >= 4 is 22.6 Å². The standard InChI is InChI=1S/C28H21F2NO6/c29-28(30)36-23-12-6-10-19(24(23)37-28)16-35-25-20-11-5-4-9-18(20)13-14-21(25)26(32)31-22(27(33)34)15-17-7-2-1-3-8-17/h1-14,22H,15-16H2,(H,31,32)(H,33,34)/t22-/m0/s1. The van der Waals surface area contributed by atoms with Crippen molar-refractivity contribution in [2.24, 2.45) is 0 Å². The number of hydrogen-bond acceptors (Lipinski definition) is 5. The van der Waals surface area contributed by atoms with Crippen molar-refractivity contribution in [2.45, 2.75) is 25.4 Å². The molecule has 0 aliphatic carbocycles. The van der Waals surface area contributed by atoms with Crippen LogP contribution >= 0.6 is 0 Å². The third kappa shape index (κ3) is 5.16. The lowest BCUT2D eigenvalue weighted by Crippen LogP contribution is -2.42.